The normalized spacial score (nSPS) is 17.9. The largest absolute Gasteiger partial charge is 0.458 e. The molecule has 9 heteroatoms. The van der Waals surface area contributed by atoms with Gasteiger partial charge in [0, 0.05) is 24.1 Å². The van der Waals surface area contributed by atoms with E-state index in [0.29, 0.717) is 29.0 Å². The van der Waals surface area contributed by atoms with E-state index < -0.39 is 10.0 Å². The molecule has 164 valence electrons. The van der Waals surface area contributed by atoms with Gasteiger partial charge < -0.3 is 14.8 Å². The van der Waals surface area contributed by atoms with E-state index in [1.165, 1.54) is 0 Å². The average Bonchev–Trinajstić information content (AvgIpc) is 3.21. The number of aryl methyl sites for hydroxylation is 1. The van der Waals surface area contributed by atoms with Crippen LogP contribution in [0.15, 0.2) is 76.7 Å². The van der Waals surface area contributed by atoms with Crippen molar-refractivity contribution < 1.29 is 17.9 Å². The molecule has 1 aromatic heterocycles. The van der Waals surface area contributed by atoms with Gasteiger partial charge in [-0.2, -0.15) is 0 Å². The minimum absolute atomic E-state index is 0.102. The predicted octanol–water partition coefficient (Wildman–Crippen LogP) is 4.29. The first kappa shape index (κ1) is 20.3. The van der Waals surface area contributed by atoms with Gasteiger partial charge in [0.05, 0.1) is 15.9 Å². The lowest BCUT2D eigenvalue weighted by Gasteiger charge is -2.22. The minimum atomic E-state index is -3.86. The fraction of sp³-hybridized carbons (Fsp3) is 0.217. The van der Waals surface area contributed by atoms with Crippen LogP contribution in [0.25, 0.3) is 11.0 Å². The Morgan fingerprint density at radius 1 is 0.969 bits per heavy atom. The van der Waals surface area contributed by atoms with E-state index in [9.17, 15) is 8.42 Å². The van der Waals surface area contributed by atoms with E-state index in [-0.39, 0.29) is 23.4 Å². The zero-order valence-corrected chi connectivity index (χ0v) is 18.4. The molecule has 2 aliphatic rings. The maximum absolute atomic E-state index is 13.0. The monoisotopic (exact) mass is 450 g/mol. The van der Waals surface area contributed by atoms with Crippen LogP contribution in [0.5, 0.6) is 0 Å². The summed E-state index contributed by atoms with van der Waals surface area (Å²) >= 11 is 0. The molecule has 1 aliphatic carbocycles. The number of rotatable bonds is 5. The third-order valence-electron chi connectivity index (χ3n) is 5.43. The number of anilines is 2. The summed E-state index contributed by atoms with van der Waals surface area (Å²) in [5.74, 6) is 2.06. The third kappa shape index (κ3) is 3.87. The first-order valence-electron chi connectivity index (χ1n) is 10.2. The Bertz CT molecular complexity index is 1360. The van der Waals surface area contributed by atoms with Gasteiger partial charge in [0.25, 0.3) is 10.0 Å². The van der Waals surface area contributed by atoms with Crippen molar-refractivity contribution in [3.63, 3.8) is 0 Å². The van der Waals surface area contributed by atoms with Gasteiger partial charge in [-0.05, 0) is 31.2 Å². The lowest BCUT2D eigenvalue weighted by molar-refractivity contribution is 0.0720. The molecule has 0 radical (unpaired) electrons. The fourth-order valence-electron chi connectivity index (χ4n) is 3.63. The third-order valence-corrected chi connectivity index (χ3v) is 6.78. The molecule has 1 atom stereocenters. The van der Waals surface area contributed by atoms with Crippen LogP contribution in [0.4, 0.5) is 11.6 Å². The molecular weight excluding hydrogens is 428 g/mol. The summed E-state index contributed by atoms with van der Waals surface area (Å²) in [5.41, 5.74) is 3.05. The number of allylic oxidation sites excluding steroid dienone is 3. The Morgan fingerprint density at radius 3 is 2.38 bits per heavy atom. The van der Waals surface area contributed by atoms with Crippen molar-refractivity contribution in [2.24, 2.45) is 5.92 Å². The minimum Gasteiger partial charge on any atom is -0.458 e. The topological polar surface area (TPSA) is 102 Å². The van der Waals surface area contributed by atoms with E-state index in [0.717, 1.165) is 17.0 Å². The van der Waals surface area contributed by atoms with E-state index in [4.69, 9.17) is 9.47 Å². The fourth-order valence-corrected chi connectivity index (χ4v) is 4.64. The summed E-state index contributed by atoms with van der Waals surface area (Å²) in [6.45, 7) is 4.16. The van der Waals surface area contributed by atoms with E-state index in [1.807, 2.05) is 31.2 Å². The average molecular weight is 451 g/mol. The van der Waals surface area contributed by atoms with Crippen LogP contribution < -0.4 is 10.0 Å². The van der Waals surface area contributed by atoms with Crippen LogP contribution in [0.1, 0.15) is 18.9 Å². The van der Waals surface area contributed by atoms with Crippen LogP contribution >= 0.6 is 0 Å². The number of ether oxygens (including phenoxy) is 2. The quantitative estimate of drug-likeness (QED) is 0.598. The zero-order chi connectivity index (χ0) is 22.3. The Labute approximate surface area is 186 Å². The Hall–Kier alpha value is -3.59. The predicted molar refractivity (Wildman–Crippen MR) is 121 cm³/mol. The maximum atomic E-state index is 13.0. The van der Waals surface area contributed by atoms with Gasteiger partial charge in [-0.25, -0.2) is 18.4 Å². The highest BCUT2D eigenvalue weighted by Crippen LogP contribution is 2.35. The number of aromatic nitrogens is 2. The molecule has 0 amide bonds. The van der Waals surface area contributed by atoms with E-state index >= 15 is 0 Å². The summed E-state index contributed by atoms with van der Waals surface area (Å²) in [7, 11) is -3.86. The highest BCUT2D eigenvalue weighted by Gasteiger charge is 2.27. The second-order valence-electron chi connectivity index (χ2n) is 7.85. The molecule has 0 fully saturated rings. The molecule has 1 aliphatic heterocycles. The van der Waals surface area contributed by atoms with Crippen molar-refractivity contribution >= 4 is 32.7 Å². The van der Waals surface area contributed by atoms with Gasteiger partial charge in [0.15, 0.2) is 17.4 Å². The van der Waals surface area contributed by atoms with E-state index in [2.05, 4.69) is 26.9 Å². The number of fused-ring (bicyclic) bond motifs is 1. The van der Waals surface area contributed by atoms with Crippen molar-refractivity contribution in [2.75, 3.05) is 16.8 Å². The van der Waals surface area contributed by atoms with Crippen molar-refractivity contribution in [2.45, 2.75) is 25.2 Å². The van der Waals surface area contributed by atoms with Gasteiger partial charge in [-0.1, -0.05) is 36.8 Å². The lowest BCUT2D eigenvalue weighted by atomic mass is 9.96. The molecule has 2 aromatic carbocycles. The number of nitrogens with one attached hydrogen (secondary N) is 2. The van der Waals surface area contributed by atoms with Gasteiger partial charge in [0.1, 0.15) is 5.76 Å². The van der Waals surface area contributed by atoms with Crippen LogP contribution in [-0.2, 0) is 19.5 Å². The number of benzene rings is 2. The molecule has 1 unspecified atom stereocenters. The number of para-hydroxylation sites is 2. The van der Waals surface area contributed by atoms with Crippen LogP contribution in [0.2, 0.25) is 0 Å². The van der Waals surface area contributed by atoms with Crippen LogP contribution in [0, 0.1) is 12.8 Å². The maximum Gasteiger partial charge on any atom is 0.263 e. The summed E-state index contributed by atoms with van der Waals surface area (Å²) in [4.78, 5) is 9.35. The standard InChI is InChI=1S/C23H22N4O4S/c1-14-7-9-16(10-8-14)32(28,29)27-23-22(24-17-5-3-4-6-18(17)25-23)26-19-12-21-20(11-15(19)2)30-13-31-21/h3-10,12,15H,11,13H2,1-2H3,(H,24,26)(H,25,27). The highest BCUT2D eigenvalue weighted by atomic mass is 32.2. The lowest BCUT2D eigenvalue weighted by Crippen LogP contribution is -2.19. The molecule has 2 heterocycles. The van der Waals surface area contributed by atoms with Crippen LogP contribution in [0.3, 0.4) is 0 Å². The molecule has 0 saturated carbocycles. The van der Waals surface area contributed by atoms with Crippen molar-refractivity contribution in [1.29, 1.82) is 0 Å². The Morgan fingerprint density at radius 2 is 1.66 bits per heavy atom. The molecule has 8 nitrogen and oxygen atoms in total. The number of sulfonamides is 1. The number of hydrogen-bond donors (Lipinski definition) is 2. The molecule has 32 heavy (non-hydrogen) atoms. The SMILES string of the molecule is Cc1ccc(S(=O)(=O)Nc2nc3ccccc3nc2NC2=CC3=C(CC2C)OCO3)cc1. The smallest absolute Gasteiger partial charge is 0.263 e. The summed E-state index contributed by atoms with van der Waals surface area (Å²) < 4.78 is 39.7. The van der Waals surface area contributed by atoms with Crippen LogP contribution in [-0.4, -0.2) is 25.2 Å². The van der Waals surface area contributed by atoms with E-state index in [1.54, 1.807) is 30.3 Å². The highest BCUT2D eigenvalue weighted by molar-refractivity contribution is 7.92. The Balaban J connectivity index is 1.55. The Kier molecular flexibility index (Phi) is 4.97. The molecule has 2 N–H and O–H groups in total. The summed E-state index contributed by atoms with van der Waals surface area (Å²) in [6, 6.07) is 14.0. The second-order valence-corrected chi connectivity index (χ2v) is 9.53. The zero-order valence-electron chi connectivity index (χ0n) is 17.6. The van der Waals surface area contributed by atoms with Gasteiger partial charge in [-0.3, -0.25) is 4.72 Å². The second kappa shape index (κ2) is 7.83. The first-order chi connectivity index (χ1) is 15.4. The molecule has 0 spiro atoms. The molecule has 0 saturated heterocycles. The molecule has 0 bridgehead atoms. The van der Waals surface area contributed by atoms with Gasteiger partial charge in [-0.15, -0.1) is 0 Å². The first-order valence-corrected chi connectivity index (χ1v) is 11.7. The van der Waals surface area contributed by atoms with Gasteiger partial charge >= 0.3 is 0 Å². The number of nitrogens with zero attached hydrogens (tertiary/aromatic N) is 2. The molecular formula is C23H22N4O4S. The summed E-state index contributed by atoms with van der Waals surface area (Å²) in [6.07, 6.45) is 2.55. The molecule has 3 aromatic rings. The number of hydrogen-bond acceptors (Lipinski definition) is 7. The summed E-state index contributed by atoms with van der Waals surface area (Å²) in [5, 5.41) is 3.28. The van der Waals surface area contributed by atoms with Crippen molar-refractivity contribution in [3.05, 3.63) is 77.4 Å². The van der Waals surface area contributed by atoms with Crippen molar-refractivity contribution in [3.8, 4) is 0 Å². The molecule has 5 rings (SSSR count). The van der Waals surface area contributed by atoms with Crippen molar-refractivity contribution in [1.82, 2.24) is 9.97 Å². The van der Waals surface area contributed by atoms with Gasteiger partial charge in [0.2, 0.25) is 6.79 Å².